The molecule has 1 aromatic heterocycles. The molecule has 2 saturated heterocycles. The molecule has 3 aliphatic carbocycles. The van der Waals surface area contributed by atoms with Crippen LogP contribution in [-0.2, 0) is 18.0 Å². The fourth-order valence-corrected chi connectivity index (χ4v) is 6.01. The van der Waals surface area contributed by atoms with Crippen LogP contribution in [0.4, 0.5) is 5.69 Å². The highest BCUT2D eigenvalue weighted by Gasteiger charge is 2.65. The quantitative estimate of drug-likeness (QED) is 0.762. The van der Waals surface area contributed by atoms with Gasteiger partial charge in [-0.2, -0.15) is 0 Å². The van der Waals surface area contributed by atoms with Crippen LogP contribution in [0.2, 0.25) is 0 Å². The maximum atomic E-state index is 2.79. The van der Waals surface area contributed by atoms with Crippen LogP contribution in [0, 0.1) is 6.92 Å². The van der Waals surface area contributed by atoms with Gasteiger partial charge in [-0.05, 0) is 62.8 Å². The summed E-state index contributed by atoms with van der Waals surface area (Å²) in [6.45, 7) is 4.73. The first-order valence-electron chi connectivity index (χ1n) is 8.61. The van der Waals surface area contributed by atoms with Gasteiger partial charge in [0.05, 0.1) is 5.54 Å². The predicted molar refractivity (Wildman–Crippen MR) is 90.4 cm³/mol. The molecule has 3 fully saturated rings. The fourth-order valence-electron chi connectivity index (χ4n) is 6.01. The number of rotatable bonds is 1. The van der Waals surface area contributed by atoms with Crippen LogP contribution in [0.5, 0.6) is 0 Å². The van der Waals surface area contributed by atoms with E-state index in [1.807, 2.05) is 0 Å². The second-order valence-corrected chi connectivity index (χ2v) is 7.71. The van der Waals surface area contributed by atoms with Crippen molar-refractivity contribution in [3.05, 3.63) is 53.3 Å². The number of hydrogen-bond acceptors (Lipinski definition) is 1. The smallest absolute Gasteiger partial charge is 0.0810 e. The lowest BCUT2D eigenvalue weighted by Gasteiger charge is -2.69. The van der Waals surface area contributed by atoms with Crippen LogP contribution in [0.3, 0.4) is 0 Å². The second kappa shape index (κ2) is 3.79. The molecule has 1 saturated carbocycles. The Morgan fingerprint density at radius 2 is 1.77 bits per heavy atom. The molecule has 0 spiro atoms. The zero-order chi connectivity index (χ0) is 15.1. The van der Waals surface area contributed by atoms with Crippen molar-refractivity contribution in [2.45, 2.75) is 56.5 Å². The van der Waals surface area contributed by atoms with E-state index in [-0.39, 0.29) is 5.54 Å². The van der Waals surface area contributed by atoms with Crippen molar-refractivity contribution in [1.29, 1.82) is 0 Å². The highest BCUT2D eigenvalue weighted by Crippen LogP contribution is 2.66. The Labute approximate surface area is 132 Å². The topological polar surface area (TPSA) is 8.17 Å². The summed E-state index contributed by atoms with van der Waals surface area (Å²) < 4.78 is 2.40. The molecule has 2 bridgehead atoms. The maximum absolute atomic E-state index is 2.79. The van der Waals surface area contributed by atoms with E-state index in [1.165, 1.54) is 36.9 Å². The third-order valence-corrected chi connectivity index (χ3v) is 7.04. The van der Waals surface area contributed by atoms with E-state index >= 15 is 0 Å². The number of nitrogens with zero attached hydrogens (tertiary/aromatic N) is 2. The number of anilines is 1. The van der Waals surface area contributed by atoms with Gasteiger partial charge in [0.15, 0.2) is 0 Å². The van der Waals surface area contributed by atoms with E-state index in [1.54, 1.807) is 11.3 Å². The standard InChI is InChI=1S/C20H24N2/c1-14-6-4-5-7-17(14)22-15(2)19-9-11-20(22,12-10-19)18-16(19)8-13-21(18)3/h4-8,13,15H,9-12H2,1-3H3. The van der Waals surface area contributed by atoms with Crippen LogP contribution in [0.1, 0.15) is 49.4 Å². The lowest BCUT2D eigenvalue weighted by molar-refractivity contribution is 0.0502. The van der Waals surface area contributed by atoms with Gasteiger partial charge in [-0.25, -0.2) is 0 Å². The molecule has 2 aromatic rings. The molecular formula is C20H24N2. The van der Waals surface area contributed by atoms with Crippen LogP contribution < -0.4 is 4.90 Å². The van der Waals surface area contributed by atoms with E-state index in [2.05, 4.69) is 66.9 Å². The molecule has 114 valence electrons. The molecule has 22 heavy (non-hydrogen) atoms. The van der Waals surface area contributed by atoms with Crippen molar-refractivity contribution in [2.75, 3.05) is 4.90 Å². The minimum absolute atomic E-state index is 0.221. The number of benzene rings is 1. The molecule has 2 heteroatoms. The van der Waals surface area contributed by atoms with Gasteiger partial charge in [-0.15, -0.1) is 0 Å². The fraction of sp³-hybridized carbons (Fsp3) is 0.500. The summed E-state index contributed by atoms with van der Waals surface area (Å²) in [5, 5.41) is 0. The van der Waals surface area contributed by atoms with Gasteiger partial charge >= 0.3 is 0 Å². The van der Waals surface area contributed by atoms with Crippen molar-refractivity contribution in [3.63, 3.8) is 0 Å². The van der Waals surface area contributed by atoms with Crippen LogP contribution in [0.15, 0.2) is 36.5 Å². The first kappa shape index (κ1) is 12.8. The number of aromatic nitrogens is 1. The molecule has 6 aliphatic rings. The Morgan fingerprint density at radius 1 is 1.05 bits per heavy atom. The molecule has 8 rings (SSSR count). The first-order chi connectivity index (χ1) is 10.6. The van der Waals surface area contributed by atoms with Crippen molar-refractivity contribution >= 4 is 5.69 Å². The zero-order valence-electron chi connectivity index (χ0n) is 13.8. The maximum Gasteiger partial charge on any atom is 0.0810 e. The van der Waals surface area contributed by atoms with Crippen LogP contribution in [0.25, 0.3) is 0 Å². The van der Waals surface area contributed by atoms with Crippen molar-refractivity contribution in [1.82, 2.24) is 4.57 Å². The van der Waals surface area contributed by atoms with Gasteiger partial charge in [-0.1, -0.05) is 18.2 Å². The summed E-state index contributed by atoms with van der Waals surface area (Å²) in [4.78, 5) is 2.79. The lowest BCUT2D eigenvalue weighted by atomic mass is 9.48. The molecule has 0 radical (unpaired) electrons. The molecule has 2 nitrogen and oxygen atoms in total. The summed E-state index contributed by atoms with van der Waals surface area (Å²) in [7, 11) is 2.24. The largest absolute Gasteiger partial charge is 0.356 e. The number of piperidine rings is 2. The van der Waals surface area contributed by atoms with E-state index in [9.17, 15) is 0 Å². The molecule has 3 aliphatic heterocycles. The minimum atomic E-state index is 0.221. The van der Waals surface area contributed by atoms with Crippen LogP contribution in [-0.4, -0.2) is 10.6 Å². The molecule has 1 aromatic carbocycles. The molecule has 4 heterocycles. The van der Waals surface area contributed by atoms with Gasteiger partial charge in [0.1, 0.15) is 0 Å². The summed E-state index contributed by atoms with van der Waals surface area (Å²) in [5.41, 5.74) is 6.72. The minimum Gasteiger partial charge on any atom is -0.356 e. The van der Waals surface area contributed by atoms with Crippen molar-refractivity contribution in [3.8, 4) is 0 Å². The zero-order valence-corrected chi connectivity index (χ0v) is 13.8. The summed E-state index contributed by atoms with van der Waals surface area (Å²) in [6, 6.07) is 12.0. The van der Waals surface area contributed by atoms with E-state index in [0.717, 1.165) is 0 Å². The summed E-state index contributed by atoms with van der Waals surface area (Å²) in [5.74, 6) is 0. The lowest BCUT2D eigenvalue weighted by Crippen LogP contribution is -2.72. The highest BCUT2D eigenvalue weighted by molar-refractivity contribution is 5.65. The second-order valence-electron chi connectivity index (χ2n) is 7.71. The van der Waals surface area contributed by atoms with E-state index in [4.69, 9.17) is 0 Å². The van der Waals surface area contributed by atoms with Crippen LogP contribution >= 0.6 is 0 Å². The Balaban J connectivity index is 1.81. The predicted octanol–water partition coefficient (Wildman–Crippen LogP) is 4.26. The van der Waals surface area contributed by atoms with E-state index < -0.39 is 0 Å². The van der Waals surface area contributed by atoms with E-state index in [0.29, 0.717) is 11.5 Å². The summed E-state index contributed by atoms with van der Waals surface area (Å²) >= 11 is 0. The Hall–Kier alpha value is -1.70. The first-order valence-corrected chi connectivity index (χ1v) is 8.61. The van der Waals surface area contributed by atoms with Crippen molar-refractivity contribution < 1.29 is 0 Å². The third kappa shape index (κ3) is 1.17. The van der Waals surface area contributed by atoms with Gasteiger partial charge in [0.2, 0.25) is 0 Å². The highest BCUT2D eigenvalue weighted by atomic mass is 15.3. The van der Waals surface area contributed by atoms with Gasteiger partial charge in [0, 0.05) is 36.1 Å². The third-order valence-electron chi connectivity index (χ3n) is 7.04. The monoisotopic (exact) mass is 292 g/mol. The Bertz CT molecular complexity index is 762. The van der Waals surface area contributed by atoms with Gasteiger partial charge in [0.25, 0.3) is 0 Å². The Kier molecular flexibility index (Phi) is 2.21. The average Bonchev–Trinajstić information content (AvgIpc) is 2.95. The summed E-state index contributed by atoms with van der Waals surface area (Å²) in [6.07, 6.45) is 7.66. The average molecular weight is 292 g/mol. The number of aryl methyl sites for hydroxylation is 2. The molecule has 1 unspecified atom stereocenters. The molecular weight excluding hydrogens is 268 g/mol. The number of para-hydroxylation sites is 1. The van der Waals surface area contributed by atoms with Crippen molar-refractivity contribution in [2.24, 2.45) is 7.05 Å². The normalized spacial score (nSPS) is 35.0. The molecule has 0 amide bonds. The molecule has 1 atom stereocenters. The van der Waals surface area contributed by atoms with Gasteiger partial charge in [-0.3, -0.25) is 0 Å². The SMILES string of the molecule is Cc1ccccc1N1C(C)C23CCC1(CC2)c1c3ccn1C. The Morgan fingerprint density at radius 3 is 2.50 bits per heavy atom. The number of hydrogen-bond donors (Lipinski definition) is 0. The van der Waals surface area contributed by atoms with Gasteiger partial charge < -0.3 is 9.47 Å². The molecule has 0 N–H and O–H groups in total.